The number of rotatable bonds is 6. The highest BCUT2D eigenvalue weighted by Gasteiger charge is 2.13. The third-order valence-electron chi connectivity index (χ3n) is 4.91. The number of hydrogen-bond donors (Lipinski definition) is 2. The van der Waals surface area contributed by atoms with Crippen LogP contribution in [-0.4, -0.2) is 63.3 Å². The Bertz CT molecular complexity index is 892. The molecular weight excluding hydrogens is 380 g/mol. The van der Waals surface area contributed by atoms with E-state index in [1.165, 1.54) is 0 Å². The average Bonchev–Trinajstić information content (AvgIpc) is 2.74. The second-order valence-corrected chi connectivity index (χ2v) is 7.34. The summed E-state index contributed by atoms with van der Waals surface area (Å²) >= 11 is 0. The molecule has 7 heteroatoms. The highest BCUT2D eigenvalue weighted by Crippen LogP contribution is 2.25. The molecule has 0 saturated carbocycles. The van der Waals surface area contributed by atoms with Crippen LogP contribution in [0.4, 0.5) is 5.69 Å². The predicted octanol–water partition coefficient (Wildman–Crippen LogP) is 2.84. The lowest BCUT2D eigenvalue weighted by Crippen LogP contribution is -2.39. The van der Waals surface area contributed by atoms with E-state index in [1.54, 1.807) is 13.2 Å². The van der Waals surface area contributed by atoms with Crippen LogP contribution in [0.1, 0.15) is 21.5 Å². The molecule has 2 aromatic rings. The summed E-state index contributed by atoms with van der Waals surface area (Å²) in [4.78, 5) is 19.7. The molecule has 7 nitrogen and oxygen atoms in total. The van der Waals surface area contributed by atoms with Gasteiger partial charge in [0.1, 0.15) is 5.75 Å². The molecule has 1 amide bonds. The molecule has 160 valence electrons. The lowest BCUT2D eigenvalue weighted by atomic mass is 10.1. The zero-order valence-corrected chi connectivity index (χ0v) is 17.9. The Morgan fingerprint density at radius 2 is 1.90 bits per heavy atom. The van der Waals surface area contributed by atoms with Crippen LogP contribution in [0, 0.1) is 13.8 Å². The van der Waals surface area contributed by atoms with Crippen molar-refractivity contribution in [3.05, 3.63) is 59.2 Å². The van der Waals surface area contributed by atoms with Gasteiger partial charge in [0.25, 0.3) is 5.91 Å². The van der Waals surface area contributed by atoms with Gasteiger partial charge in [0.15, 0.2) is 0 Å². The summed E-state index contributed by atoms with van der Waals surface area (Å²) in [6, 6.07) is 13.3. The molecule has 3 rings (SSSR count). The maximum absolute atomic E-state index is 12.8. The normalized spacial score (nSPS) is 15.0. The third-order valence-corrected chi connectivity index (χ3v) is 4.91. The fourth-order valence-corrected chi connectivity index (χ4v) is 3.25. The molecular formula is C23H30N4O3. The Balaban J connectivity index is 1.76. The van der Waals surface area contributed by atoms with Crippen molar-refractivity contribution in [3.63, 3.8) is 0 Å². The van der Waals surface area contributed by atoms with Crippen molar-refractivity contribution in [2.75, 3.05) is 51.8 Å². The van der Waals surface area contributed by atoms with Gasteiger partial charge in [-0.3, -0.25) is 20.0 Å². The zero-order chi connectivity index (χ0) is 21.3. The molecule has 2 N–H and O–H groups in total. The van der Waals surface area contributed by atoms with Gasteiger partial charge in [-0.25, -0.2) is 0 Å². The Kier molecular flexibility index (Phi) is 7.82. The summed E-state index contributed by atoms with van der Waals surface area (Å²) in [6.07, 6.45) is 0. The predicted molar refractivity (Wildman–Crippen MR) is 120 cm³/mol. The van der Waals surface area contributed by atoms with Crippen molar-refractivity contribution < 1.29 is 14.3 Å². The zero-order valence-electron chi connectivity index (χ0n) is 17.9. The molecule has 0 bridgehead atoms. The molecule has 0 aliphatic carbocycles. The number of aliphatic imine (C=N–C) groups is 1. The van der Waals surface area contributed by atoms with E-state index in [1.807, 2.05) is 50.2 Å². The molecule has 1 fully saturated rings. The highest BCUT2D eigenvalue weighted by atomic mass is 16.5. The van der Waals surface area contributed by atoms with E-state index in [-0.39, 0.29) is 5.91 Å². The number of carbonyl (C=O) groups excluding carboxylic acids is 1. The number of nitrogens with one attached hydrogen (secondary N) is 2. The first-order chi connectivity index (χ1) is 14.5. The summed E-state index contributed by atoms with van der Waals surface area (Å²) < 4.78 is 10.8. The maximum atomic E-state index is 12.8. The number of morpholine rings is 1. The number of nitrogens with zero attached hydrogens (tertiary/aromatic N) is 2. The van der Waals surface area contributed by atoms with Crippen LogP contribution in [0.3, 0.4) is 0 Å². The number of anilines is 1. The molecule has 1 saturated heterocycles. The van der Waals surface area contributed by atoms with E-state index in [4.69, 9.17) is 9.47 Å². The van der Waals surface area contributed by atoms with Crippen molar-refractivity contribution in [1.29, 1.82) is 0 Å². The molecule has 0 atom stereocenters. The van der Waals surface area contributed by atoms with Crippen molar-refractivity contribution in [2.45, 2.75) is 13.8 Å². The number of amides is 1. The minimum Gasteiger partial charge on any atom is -0.495 e. The second-order valence-electron chi connectivity index (χ2n) is 7.34. The molecule has 1 heterocycles. The summed E-state index contributed by atoms with van der Waals surface area (Å²) in [5.74, 6) is 0.882. The van der Waals surface area contributed by atoms with Gasteiger partial charge in [-0.05, 0) is 43.7 Å². The van der Waals surface area contributed by atoms with Crippen LogP contribution in [0.5, 0.6) is 5.75 Å². The van der Waals surface area contributed by atoms with Gasteiger partial charge >= 0.3 is 0 Å². The fraction of sp³-hybridized carbons (Fsp3) is 0.391. The first kappa shape index (κ1) is 21.8. The van der Waals surface area contributed by atoms with Crippen LogP contribution in [0.15, 0.2) is 47.5 Å². The van der Waals surface area contributed by atoms with Gasteiger partial charge in [-0.15, -0.1) is 0 Å². The van der Waals surface area contributed by atoms with E-state index >= 15 is 0 Å². The summed E-state index contributed by atoms with van der Waals surface area (Å²) in [7, 11) is 1.62. The van der Waals surface area contributed by atoms with Crippen molar-refractivity contribution in [1.82, 2.24) is 10.2 Å². The Morgan fingerprint density at radius 1 is 1.13 bits per heavy atom. The maximum Gasteiger partial charge on any atom is 0.257 e. The fourth-order valence-electron chi connectivity index (χ4n) is 3.25. The molecule has 30 heavy (non-hydrogen) atoms. The SMILES string of the molecule is COc1ccc(C)cc1NC(=NCCN1CCOCC1)NC(=O)c1cccc(C)c1. The van der Waals surface area contributed by atoms with Crippen LogP contribution in [0.25, 0.3) is 0 Å². The third kappa shape index (κ3) is 6.30. The first-order valence-corrected chi connectivity index (χ1v) is 10.2. The molecule has 1 aliphatic heterocycles. The van der Waals surface area contributed by atoms with Crippen LogP contribution >= 0.6 is 0 Å². The average molecular weight is 411 g/mol. The number of benzene rings is 2. The smallest absolute Gasteiger partial charge is 0.257 e. The van der Waals surface area contributed by atoms with E-state index in [2.05, 4.69) is 20.5 Å². The number of methoxy groups -OCH3 is 1. The van der Waals surface area contributed by atoms with E-state index < -0.39 is 0 Å². The largest absolute Gasteiger partial charge is 0.495 e. The number of aryl methyl sites for hydroxylation is 2. The Labute approximate surface area is 178 Å². The molecule has 0 radical (unpaired) electrons. The summed E-state index contributed by atoms with van der Waals surface area (Å²) in [5.41, 5.74) is 3.46. The van der Waals surface area contributed by atoms with Crippen LogP contribution in [0.2, 0.25) is 0 Å². The molecule has 0 unspecified atom stereocenters. The second kappa shape index (κ2) is 10.8. The lowest BCUT2D eigenvalue weighted by molar-refractivity contribution is 0.0394. The number of carbonyl (C=O) groups is 1. The van der Waals surface area contributed by atoms with Gasteiger partial charge in [0.2, 0.25) is 5.96 Å². The molecule has 0 spiro atoms. The van der Waals surface area contributed by atoms with Crippen molar-refractivity contribution in [2.24, 2.45) is 4.99 Å². The van der Waals surface area contributed by atoms with Gasteiger partial charge in [-0.2, -0.15) is 0 Å². The van der Waals surface area contributed by atoms with E-state index in [0.29, 0.717) is 23.8 Å². The molecule has 2 aromatic carbocycles. The molecule has 0 aromatic heterocycles. The van der Waals surface area contributed by atoms with Gasteiger partial charge in [0, 0.05) is 25.2 Å². The first-order valence-electron chi connectivity index (χ1n) is 10.2. The lowest BCUT2D eigenvalue weighted by Gasteiger charge is -2.25. The quantitative estimate of drug-likeness (QED) is 0.566. The van der Waals surface area contributed by atoms with Crippen LogP contribution in [-0.2, 0) is 4.74 Å². The van der Waals surface area contributed by atoms with Gasteiger partial charge in [-0.1, -0.05) is 23.8 Å². The summed E-state index contributed by atoms with van der Waals surface area (Å²) in [5, 5.41) is 6.16. The van der Waals surface area contributed by atoms with Gasteiger partial charge in [0.05, 0.1) is 32.6 Å². The topological polar surface area (TPSA) is 75.2 Å². The van der Waals surface area contributed by atoms with E-state index in [9.17, 15) is 4.79 Å². The van der Waals surface area contributed by atoms with Crippen LogP contribution < -0.4 is 15.4 Å². The standard InChI is InChI=1S/C23H30N4O3/c1-17-5-4-6-19(15-17)22(28)26-23(24-9-10-27-11-13-30-14-12-27)25-20-16-18(2)7-8-21(20)29-3/h4-8,15-16H,9-14H2,1-3H3,(H2,24,25,26,28). The minimum atomic E-state index is -0.206. The Morgan fingerprint density at radius 3 is 2.63 bits per heavy atom. The molecule has 1 aliphatic rings. The van der Waals surface area contributed by atoms with Gasteiger partial charge < -0.3 is 14.8 Å². The minimum absolute atomic E-state index is 0.206. The van der Waals surface area contributed by atoms with Crippen molar-refractivity contribution >= 4 is 17.6 Å². The monoisotopic (exact) mass is 410 g/mol. The number of hydrogen-bond acceptors (Lipinski definition) is 5. The Hall–Kier alpha value is -2.90. The summed E-state index contributed by atoms with van der Waals surface area (Å²) in [6.45, 7) is 8.64. The van der Waals surface area contributed by atoms with E-state index in [0.717, 1.165) is 49.7 Å². The van der Waals surface area contributed by atoms with Crippen molar-refractivity contribution in [3.8, 4) is 5.75 Å². The highest BCUT2D eigenvalue weighted by molar-refractivity contribution is 6.10. The number of guanidine groups is 1. The number of ether oxygens (including phenoxy) is 2.